The number of rotatable bonds is 51. The molecule has 0 spiro atoms. The minimum absolute atomic E-state index is 0.0543. The fraction of sp³-hybridized carbons (Fsp3) is 0.889. The first-order valence-corrected chi connectivity index (χ1v) is 27.5. The summed E-state index contributed by atoms with van der Waals surface area (Å²) in [6, 6.07) is 0. The number of aliphatic hydroxyl groups excluding tert-OH is 10. The lowest BCUT2D eigenvalue weighted by atomic mass is 10.0. The van der Waals surface area contributed by atoms with Crippen LogP contribution in [0.5, 0.6) is 0 Å². The molecule has 0 aliphatic heterocycles. The maximum absolute atomic E-state index is 13.3. The summed E-state index contributed by atoms with van der Waals surface area (Å²) >= 11 is 0. The molecule has 16 heteroatoms. The first kappa shape index (κ1) is 67.9. The number of carbonyl (C=O) groups excluding carboxylic acids is 2. The van der Waals surface area contributed by atoms with Gasteiger partial charge in [-0.25, -0.2) is 0 Å². The molecular weight excluding hydrogens is 901 g/mol. The molecule has 0 aromatic heterocycles. The second kappa shape index (κ2) is 47.9. The van der Waals surface area contributed by atoms with Crippen molar-refractivity contribution in [3.05, 3.63) is 24.3 Å². The molecule has 0 aliphatic carbocycles. The molecular formula is C54H104N2O14. The van der Waals surface area contributed by atoms with Gasteiger partial charge >= 0.3 is 0 Å². The molecule has 2 amide bonds. The van der Waals surface area contributed by atoms with E-state index in [-0.39, 0.29) is 77.3 Å². The van der Waals surface area contributed by atoms with Crippen LogP contribution in [0.1, 0.15) is 194 Å². The minimum Gasteiger partial charge on any atom is -0.394 e. The van der Waals surface area contributed by atoms with Crippen molar-refractivity contribution in [3.63, 3.8) is 0 Å². The predicted octanol–water partition coefficient (Wildman–Crippen LogP) is 5.62. The molecule has 414 valence electrons. The van der Waals surface area contributed by atoms with Crippen LogP contribution in [0.3, 0.4) is 0 Å². The Labute approximate surface area is 423 Å². The van der Waals surface area contributed by atoms with Gasteiger partial charge < -0.3 is 70.3 Å². The first-order valence-electron chi connectivity index (χ1n) is 27.5. The van der Waals surface area contributed by atoms with Gasteiger partial charge in [0.25, 0.3) is 0 Å². The van der Waals surface area contributed by atoms with Gasteiger partial charge in [-0.05, 0) is 64.2 Å². The second-order valence-corrected chi connectivity index (χ2v) is 19.2. The Bertz CT molecular complexity index is 1160. The molecule has 16 nitrogen and oxygen atoms in total. The highest BCUT2D eigenvalue weighted by atomic mass is 16.5. The maximum atomic E-state index is 13.3. The van der Waals surface area contributed by atoms with Crippen LogP contribution in [-0.2, 0) is 19.1 Å². The summed E-state index contributed by atoms with van der Waals surface area (Å²) in [5.41, 5.74) is 0. The van der Waals surface area contributed by atoms with Crippen LogP contribution < -0.4 is 0 Å². The van der Waals surface area contributed by atoms with E-state index in [1.165, 1.54) is 86.8 Å². The Morgan fingerprint density at radius 2 is 0.657 bits per heavy atom. The van der Waals surface area contributed by atoms with Crippen LogP contribution in [-0.4, -0.2) is 187 Å². The largest absolute Gasteiger partial charge is 0.394 e. The molecule has 0 aromatic carbocycles. The minimum atomic E-state index is -1.83. The molecule has 10 N–H and O–H groups in total. The van der Waals surface area contributed by atoms with E-state index in [1.807, 2.05) is 0 Å². The summed E-state index contributed by atoms with van der Waals surface area (Å²) in [6.07, 6.45) is 24.8. The molecule has 0 fully saturated rings. The number of unbranched alkanes of at least 4 members (excludes halogenated alkanes) is 22. The number of ether oxygens (including phenoxy) is 2. The zero-order chi connectivity index (χ0) is 52.0. The molecule has 0 bridgehead atoms. The zero-order valence-electron chi connectivity index (χ0n) is 43.8. The van der Waals surface area contributed by atoms with Crippen molar-refractivity contribution in [3.8, 4) is 0 Å². The fourth-order valence-corrected chi connectivity index (χ4v) is 8.11. The quantitative estimate of drug-likeness (QED) is 0.0262. The number of hydrogen-bond donors (Lipinski definition) is 10. The van der Waals surface area contributed by atoms with E-state index in [0.29, 0.717) is 12.8 Å². The van der Waals surface area contributed by atoms with Crippen LogP contribution in [0.2, 0.25) is 0 Å². The molecule has 0 aliphatic rings. The summed E-state index contributed by atoms with van der Waals surface area (Å²) in [5, 5.41) is 100. The summed E-state index contributed by atoms with van der Waals surface area (Å²) in [4.78, 5) is 29.3. The normalized spacial score (nSPS) is 15.5. The van der Waals surface area contributed by atoms with Gasteiger partial charge in [-0.15, -0.1) is 0 Å². The summed E-state index contributed by atoms with van der Waals surface area (Å²) in [5.74, 6) is -0.531. The number of hydrogen-bond acceptors (Lipinski definition) is 14. The van der Waals surface area contributed by atoms with Crippen molar-refractivity contribution in [2.24, 2.45) is 0 Å². The zero-order valence-corrected chi connectivity index (χ0v) is 43.8. The number of amides is 2. The van der Waals surface area contributed by atoms with Crippen LogP contribution in [0.25, 0.3) is 0 Å². The Hall–Kier alpha value is -2.06. The third kappa shape index (κ3) is 36.8. The van der Waals surface area contributed by atoms with E-state index in [4.69, 9.17) is 9.47 Å². The molecule has 0 heterocycles. The van der Waals surface area contributed by atoms with E-state index in [9.17, 15) is 60.7 Å². The van der Waals surface area contributed by atoms with E-state index in [0.717, 1.165) is 77.0 Å². The van der Waals surface area contributed by atoms with Crippen LogP contribution in [0.4, 0.5) is 0 Å². The van der Waals surface area contributed by atoms with E-state index in [1.54, 1.807) is 0 Å². The third-order valence-electron chi connectivity index (χ3n) is 12.9. The molecule has 0 aromatic rings. The monoisotopic (exact) mass is 1000 g/mol. The van der Waals surface area contributed by atoms with E-state index in [2.05, 4.69) is 38.2 Å². The van der Waals surface area contributed by atoms with Crippen molar-refractivity contribution < 1.29 is 70.1 Å². The molecule has 0 rings (SSSR count). The van der Waals surface area contributed by atoms with E-state index < -0.39 is 62.0 Å². The molecule has 0 saturated heterocycles. The van der Waals surface area contributed by atoms with Crippen molar-refractivity contribution >= 4 is 11.8 Å². The summed E-state index contributed by atoms with van der Waals surface area (Å²) in [6.45, 7) is 2.58. The standard InChI is InChI=1S/C54H104N2O14/c1-3-5-7-9-11-13-15-17-19-21-23-25-27-29-31-33-49(63)55(41-45(59)51(65)53(67)47(61)43-57)35-37-69-39-40-70-38-36-56(42-46(60)52(66)54(68)48(62)44-58)50(64)34-32-30-28-26-24-22-20-18-16-14-12-10-8-6-4-2/h17-20,45-48,51-54,57-62,65-68H,3-16,21-44H2,1-2H3/b19-17-,20-18-/t45-,46-,47-,48-,51+,52+,53-,54-/m0/s1. The number of carbonyl (C=O) groups is 2. The summed E-state index contributed by atoms with van der Waals surface area (Å²) in [7, 11) is 0. The Morgan fingerprint density at radius 1 is 0.386 bits per heavy atom. The van der Waals surface area contributed by atoms with Gasteiger partial charge in [-0.1, -0.05) is 141 Å². The first-order chi connectivity index (χ1) is 33.9. The van der Waals surface area contributed by atoms with Gasteiger partial charge in [0.2, 0.25) is 11.8 Å². The van der Waals surface area contributed by atoms with Gasteiger partial charge in [0.05, 0.1) is 39.6 Å². The van der Waals surface area contributed by atoms with Crippen LogP contribution in [0, 0.1) is 0 Å². The topological polar surface area (TPSA) is 261 Å². The number of nitrogens with zero attached hydrogens (tertiary/aromatic N) is 2. The van der Waals surface area contributed by atoms with Gasteiger partial charge in [-0.2, -0.15) is 0 Å². The molecule has 0 saturated carbocycles. The van der Waals surface area contributed by atoms with Crippen molar-refractivity contribution in [1.82, 2.24) is 9.80 Å². The highest BCUT2D eigenvalue weighted by Crippen LogP contribution is 2.15. The second-order valence-electron chi connectivity index (χ2n) is 19.2. The number of allylic oxidation sites excluding steroid dienone is 4. The number of aliphatic hydroxyl groups is 10. The maximum Gasteiger partial charge on any atom is 0.222 e. The molecule has 0 radical (unpaired) electrons. The highest BCUT2D eigenvalue weighted by Gasteiger charge is 2.33. The Morgan fingerprint density at radius 3 is 0.957 bits per heavy atom. The fourth-order valence-electron chi connectivity index (χ4n) is 8.11. The lowest BCUT2D eigenvalue weighted by Crippen LogP contribution is -2.51. The summed E-state index contributed by atoms with van der Waals surface area (Å²) < 4.78 is 11.4. The lowest BCUT2D eigenvalue weighted by Gasteiger charge is -2.30. The SMILES string of the molecule is CCCCCCCC/C=C\CCCCCCCC(=O)N(CCOCCOCCN(C[C@H](O)[C@@H](O)[C@@H](O)[C@@H](O)CO)C(=O)CCCCCCC/C=C\CCCCCCCC)C[C@H](O)[C@@H](O)[C@@H](O)[C@@H](O)CO. The average molecular weight is 1010 g/mol. The van der Waals surface area contributed by atoms with Gasteiger partial charge in [0.15, 0.2) is 0 Å². The van der Waals surface area contributed by atoms with Gasteiger partial charge in [0, 0.05) is 39.0 Å². The highest BCUT2D eigenvalue weighted by molar-refractivity contribution is 5.76. The molecule has 8 atom stereocenters. The average Bonchev–Trinajstić information content (AvgIpc) is 3.36. The van der Waals surface area contributed by atoms with Crippen LogP contribution in [0.15, 0.2) is 24.3 Å². The Kier molecular flexibility index (Phi) is 46.5. The van der Waals surface area contributed by atoms with Crippen molar-refractivity contribution in [1.29, 1.82) is 0 Å². The van der Waals surface area contributed by atoms with Gasteiger partial charge in [0.1, 0.15) is 48.8 Å². The van der Waals surface area contributed by atoms with Crippen molar-refractivity contribution in [2.75, 3.05) is 65.8 Å². The predicted molar refractivity (Wildman–Crippen MR) is 276 cm³/mol. The van der Waals surface area contributed by atoms with Gasteiger partial charge in [-0.3, -0.25) is 9.59 Å². The third-order valence-corrected chi connectivity index (χ3v) is 12.9. The molecule has 70 heavy (non-hydrogen) atoms. The smallest absolute Gasteiger partial charge is 0.222 e. The Balaban J connectivity index is 4.96. The van der Waals surface area contributed by atoms with E-state index >= 15 is 0 Å². The lowest BCUT2D eigenvalue weighted by molar-refractivity contribution is -0.141. The van der Waals surface area contributed by atoms with Crippen molar-refractivity contribution in [2.45, 2.75) is 242 Å². The molecule has 0 unspecified atom stereocenters. The van der Waals surface area contributed by atoms with Crippen LogP contribution >= 0.6 is 0 Å².